The third-order valence-electron chi connectivity index (χ3n) is 4.60. The summed E-state index contributed by atoms with van der Waals surface area (Å²) in [6.45, 7) is 1.16. The third-order valence-corrected chi connectivity index (χ3v) is 4.60. The quantitative estimate of drug-likeness (QED) is 0.758. The van der Waals surface area contributed by atoms with Crippen molar-refractivity contribution >= 4 is 17.5 Å². The van der Waals surface area contributed by atoms with E-state index in [2.05, 4.69) is 10.1 Å². The van der Waals surface area contributed by atoms with Crippen molar-refractivity contribution in [1.29, 1.82) is 0 Å². The molecule has 6 nitrogen and oxygen atoms in total. The Balaban J connectivity index is 1.44. The second-order valence-electron chi connectivity index (χ2n) is 6.57. The molecule has 2 aromatic rings. The van der Waals surface area contributed by atoms with Crippen molar-refractivity contribution in [2.24, 2.45) is 5.10 Å². The van der Waals surface area contributed by atoms with Crippen LogP contribution in [-0.2, 0) is 16.0 Å². The minimum Gasteiger partial charge on any atom is -0.345 e. The van der Waals surface area contributed by atoms with E-state index in [4.69, 9.17) is 0 Å². The highest BCUT2D eigenvalue weighted by molar-refractivity contribution is 6.02. The van der Waals surface area contributed by atoms with E-state index < -0.39 is 0 Å². The van der Waals surface area contributed by atoms with Gasteiger partial charge in [-0.3, -0.25) is 14.6 Å². The van der Waals surface area contributed by atoms with E-state index in [1.165, 1.54) is 5.01 Å². The molecule has 0 N–H and O–H groups in total. The van der Waals surface area contributed by atoms with Crippen LogP contribution in [-0.4, -0.2) is 52.6 Å². The Labute approximate surface area is 159 Å². The molecular formula is C21H24N4O2. The summed E-state index contributed by atoms with van der Waals surface area (Å²) >= 11 is 0. The Hall–Kier alpha value is -3.02. The molecule has 1 aliphatic rings. The number of carbonyl (C=O) groups excluding carboxylic acids is 2. The standard InChI is InChI=1S/C21H24N4O2/c1-24(15-12-18-9-5-6-14-22-18)20(26)10-11-21(27)25-16-13-19(23-25)17-7-3-2-4-8-17/h2-9,14H,10-13,15-16H2,1H3. The summed E-state index contributed by atoms with van der Waals surface area (Å²) < 4.78 is 0. The normalized spacial score (nSPS) is 13.4. The molecule has 0 saturated heterocycles. The smallest absolute Gasteiger partial charge is 0.243 e. The van der Waals surface area contributed by atoms with E-state index in [1.807, 2.05) is 48.5 Å². The van der Waals surface area contributed by atoms with E-state index in [1.54, 1.807) is 18.1 Å². The number of rotatable bonds is 7. The van der Waals surface area contributed by atoms with E-state index in [-0.39, 0.29) is 24.7 Å². The molecule has 0 radical (unpaired) electrons. The fourth-order valence-electron chi connectivity index (χ4n) is 2.96. The number of carbonyl (C=O) groups is 2. The fraction of sp³-hybridized carbons (Fsp3) is 0.333. The number of likely N-dealkylation sites (N-methyl/N-ethyl adjacent to an activating group) is 1. The van der Waals surface area contributed by atoms with Crippen LogP contribution in [0.3, 0.4) is 0 Å². The number of pyridine rings is 1. The molecule has 0 atom stereocenters. The first-order valence-electron chi connectivity index (χ1n) is 9.20. The lowest BCUT2D eigenvalue weighted by Gasteiger charge is -2.17. The number of amides is 2. The zero-order chi connectivity index (χ0) is 19.1. The highest BCUT2D eigenvalue weighted by Crippen LogP contribution is 2.15. The van der Waals surface area contributed by atoms with Gasteiger partial charge in [-0.2, -0.15) is 5.10 Å². The zero-order valence-corrected chi connectivity index (χ0v) is 15.5. The summed E-state index contributed by atoms with van der Waals surface area (Å²) in [7, 11) is 1.76. The minimum atomic E-state index is -0.104. The van der Waals surface area contributed by atoms with Gasteiger partial charge in [0, 0.05) is 51.2 Å². The van der Waals surface area contributed by atoms with Crippen LogP contribution in [0.1, 0.15) is 30.5 Å². The highest BCUT2D eigenvalue weighted by Gasteiger charge is 2.22. The molecule has 0 bridgehead atoms. The number of nitrogens with zero attached hydrogens (tertiary/aromatic N) is 4. The molecule has 1 aromatic carbocycles. The van der Waals surface area contributed by atoms with Crippen molar-refractivity contribution in [2.75, 3.05) is 20.1 Å². The first-order chi connectivity index (χ1) is 13.1. The largest absolute Gasteiger partial charge is 0.345 e. The zero-order valence-electron chi connectivity index (χ0n) is 15.5. The molecule has 27 heavy (non-hydrogen) atoms. The Bertz CT molecular complexity index is 805. The lowest BCUT2D eigenvalue weighted by molar-refractivity contribution is -0.136. The summed E-state index contributed by atoms with van der Waals surface area (Å²) in [5, 5.41) is 5.91. The molecule has 2 heterocycles. The van der Waals surface area contributed by atoms with Gasteiger partial charge in [-0.1, -0.05) is 36.4 Å². The van der Waals surface area contributed by atoms with Gasteiger partial charge >= 0.3 is 0 Å². The molecule has 1 aliphatic heterocycles. The molecule has 0 fully saturated rings. The summed E-state index contributed by atoms with van der Waals surface area (Å²) in [6.07, 6.45) is 3.57. The van der Waals surface area contributed by atoms with Crippen molar-refractivity contribution in [1.82, 2.24) is 14.9 Å². The van der Waals surface area contributed by atoms with Gasteiger partial charge in [0.15, 0.2) is 0 Å². The van der Waals surface area contributed by atoms with Crippen LogP contribution in [0.15, 0.2) is 59.8 Å². The number of hydrogen-bond acceptors (Lipinski definition) is 4. The second kappa shape index (κ2) is 9.07. The fourth-order valence-corrected chi connectivity index (χ4v) is 2.96. The van der Waals surface area contributed by atoms with Crippen LogP contribution < -0.4 is 0 Å². The average Bonchev–Trinajstić information content (AvgIpc) is 3.22. The average molecular weight is 364 g/mol. The third kappa shape index (κ3) is 5.23. The predicted molar refractivity (Wildman–Crippen MR) is 104 cm³/mol. The van der Waals surface area contributed by atoms with Crippen LogP contribution in [0.5, 0.6) is 0 Å². The van der Waals surface area contributed by atoms with E-state index >= 15 is 0 Å². The van der Waals surface area contributed by atoms with Crippen molar-refractivity contribution < 1.29 is 9.59 Å². The first kappa shape index (κ1) is 18.8. The summed E-state index contributed by atoms with van der Waals surface area (Å²) in [4.78, 5) is 30.5. The van der Waals surface area contributed by atoms with Crippen LogP contribution in [0.4, 0.5) is 0 Å². The van der Waals surface area contributed by atoms with E-state index in [9.17, 15) is 9.59 Å². The Morgan fingerprint density at radius 3 is 2.59 bits per heavy atom. The van der Waals surface area contributed by atoms with Gasteiger partial charge < -0.3 is 4.90 Å². The SMILES string of the molecule is CN(CCc1ccccn1)C(=O)CCC(=O)N1CCC(c2ccccc2)=N1. The highest BCUT2D eigenvalue weighted by atomic mass is 16.2. The van der Waals surface area contributed by atoms with Crippen molar-refractivity contribution in [3.05, 3.63) is 66.0 Å². The summed E-state index contributed by atoms with van der Waals surface area (Å²) in [6, 6.07) is 15.6. The molecule has 0 spiro atoms. The molecule has 3 rings (SSSR count). The lowest BCUT2D eigenvalue weighted by atomic mass is 10.1. The van der Waals surface area contributed by atoms with Gasteiger partial charge in [0.05, 0.1) is 12.3 Å². The van der Waals surface area contributed by atoms with Gasteiger partial charge in [-0.05, 0) is 17.7 Å². The van der Waals surface area contributed by atoms with Crippen LogP contribution >= 0.6 is 0 Å². The summed E-state index contributed by atoms with van der Waals surface area (Å²) in [5.74, 6) is -0.141. The van der Waals surface area contributed by atoms with Gasteiger partial charge in [0.2, 0.25) is 11.8 Å². The molecule has 0 aliphatic carbocycles. The monoisotopic (exact) mass is 364 g/mol. The molecular weight excluding hydrogens is 340 g/mol. The van der Waals surface area contributed by atoms with Crippen LogP contribution in [0, 0.1) is 0 Å². The van der Waals surface area contributed by atoms with Crippen molar-refractivity contribution in [2.45, 2.75) is 25.7 Å². The van der Waals surface area contributed by atoms with Crippen LogP contribution in [0.25, 0.3) is 0 Å². The van der Waals surface area contributed by atoms with E-state index in [0.29, 0.717) is 19.5 Å². The van der Waals surface area contributed by atoms with E-state index in [0.717, 1.165) is 23.4 Å². The molecule has 140 valence electrons. The molecule has 0 unspecified atom stereocenters. The van der Waals surface area contributed by atoms with Crippen molar-refractivity contribution in [3.63, 3.8) is 0 Å². The van der Waals surface area contributed by atoms with Gasteiger partial charge in [0.25, 0.3) is 0 Å². The Kier molecular flexibility index (Phi) is 6.30. The predicted octanol–water partition coefficient (Wildman–Crippen LogP) is 2.50. The number of hydrogen-bond donors (Lipinski definition) is 0. The second-order valence-corrected chi connectivity index (χ2v) is 6.57. The molecule has 6 heteroatoms. The van der Waals surface area contributed by atoms with Gasteiger partial charge in [-0.25, -0.2) is 5.01 Å². The topological polar surface area (TPSA) is 65.9 Å². The Morgan fingerprint density at radius 2 is 1.85 bits per heavy atom. The Morgan fingerprint density at radius 1 is 1.07 bits per heavy atom. The lowest BCUT2D eigenvalue weighted by Crippen LogP contribution is -2.31. The maximum Gasteiger partial charge on any atom is 0.243 e. The maximum atomic E-state index is 12.4. The number of benzene rings is 1. The maximum absolute atomic E-state index is 12.4. The number of hydrazone groups is 1. The molecule has 2 amide bonds. The van der Waals surface area contributed by atoms with Gasteiger partial charge in [-0.15, -0.1) is 0 Å². The molecule has 0 saturated carbocycles. The van der Waals surface area contributed by atoms with Gasteiger partial charge in [0.1, 0.15) is 0 Å². The van der Waals surface area contributed by atoms with Crippen molar-refractivity contribution in [3.8, 4) is 0 Å². The number of aromatic nitrogens is 1. The van der Waals surface area contributed by atoms with Crippen LogP contribution in [0.2, 0.25) is 0 Å². The summed E-state index contributed by atoms with van der Waals surface area (Å²) in [5.41, 5.74) is 2.91. The minimum absolute atomic E-state index is 0.0364. The molecule has 1 aromatic heterocycles. The first-order valence-corrected chi connectivity index (χ1v) is 9.20.